The maximum Gasteiger partial charge on any atom is 0.223 e. The van der Waals surface area contributed by atoms with Crippen molar-refractivity contribution in [1.29, 1.82) is 0 Å². The minimum Gasteiger partial charge on any atom is -0.486 e. The Morgan fingerprint density at radius 3 is 2.55 bits per heavy atom. The number of amides is 1. The summed E-state index contributed by atoms with van der Waals surface area (Å²) in [5, 5.41) is 0. The molecule has 0 spiro atoms. The quantitative estimate of drug-likeness (QED) is 0.717. The first-order valence-electron chi connectivity index (χ1n) is 10.3. The summed E-state index contributed by atoms with van der Waals surface area (Å²) in [7, 11) is 0. The van der Waals surface area contributed by atoms with Gasteiger partial charge in [0.05, 0.1) is 0 Å². The number of carbonyl (C=O) groups is 2. The lowest BCUT2D eigenvalue weighted by atomic mass is 9.93. The molecule has 152 valence electrons. The van der Waals surface area contributed by atoms with Crippen LogP contribution in [-0.4, -0.2) is 36.3 Å². The molecule has 2 aromatic carbocycles. The van der Waals surface area contributed by atoms with Gasteiger partial charge in [-0.1, -0.05) is 32.0 Å². The van der Waals surface area contributed by atoms with Gasteiger partial charge in [0.25, 0.3) is 0 Å². The molecular formula is C24H27NO4. The monoisotopic (exact) mass is 393 g/mol. The molecule has 5 nitrogen and oxygen atoms in total. The first-order valence-corrected chi connectivity index (χ1v) is 10.3. The molecule has 2 heterocycles. The number of hydrogen-bond acceptors (Lipinski definition) is 4. The van der Waals surface area contributed by atoms with E-state index in [4.69, 9.17) is 9.47 Å². The maximum absolute atomic E-state index is 12.7. The Morgan fingerprint density at radius 1 is 0.966 bits per heavy atom. The van der Waals surface area contributed by atoms with E-state index in [1.807, 2.05) is 4.90 Å². The second-order valence-corrected chi connectivity index (χ2v) is 8.03. The van der Waals surface area contributed by atoms with Crippen LogP contribution in [0.15, 0.2) is 36.4 Å². The van der Waals surface area contributed by atoms with E-state index >= 15 is 0 Å². The van der Waals surface area contributed by atoms with E-state index in [2.05, 4.69) is 32.0 Å². The van der Waals surface area contributed by atoms with Crippen molar-refractivity contribution >= 4 is 11.7 Å². The van der Waals surface area contributed by atoms with Crippen LogP contribution in [0.2, 0.25) is 0 Å². The molecule has 0 fully saturated rings. The molecule has 5 heteroatoms. The van der Waals surface area contributed by atoms with Gasteiger partial charge >= 0.3 is 0 Å². The van der Waals surface area contributed by atoms with Gasteiger partial charge in [-0.25, -0.2) is 0 Å². The zero-order chi connectivity index (χ0) is 20.4. The topological polar surface area (TPSA) is 55.8 Å². The SMILES string of the molecule is CC(C)c1ccc2c(c1)CN(C(=O)CCC(=O)c1ccc3c(c1)OCCO3)CC2. The molecule has 0 aliphatic carbocycles. The molecule has 0 aromatic heterocycles. The Kier molecular flexibility index (Phi) is 5.56. The lowest BCUT2D eigenvalue weighted by Gasteiger charge is -2.29. The molecule has 0 saturated carbocycles. The van der Waals surface area contributed by atoms with Crippen molar-refractivity contribution < 1.29 is 19.1 Å². The Labute approximate surface area is 171 Å². The van der Waals surface area contributed by atoms with E-state index < -0.39 is 0 Å². The fourth-order valence-electron chi connectivity index (χ4n) is 3.89. The molecule has 2 aromatic rings. The van der Waals surface area contributed by atoms with Crippen molar-refractivity contribution in [3.63, 3.8) is 0 Å². The van der Waals surface area contributed by atoms with Gasteiger partial charge in [-0.05, 0) is 47.2 Å². The van der Waals surface area contributed by atoms with Crippen molar-refractivity contribution in [2.45, 2.75) is 45.6 Å². The van der Waals surface area contributed by atoms with Crippen molar-refractivity contribution in [2.75, 3.05) is 19.8 Å². The molecular weight excluding hydrogens is 366 g/mol. The van der Waals surface area contributed by atoms with Crippen molar-refractivity contribution in [3.05, 3.63) is 58.7 Å². The van der Waals surface area contributed by atoms with Crippen molar-refractivity contribution in [2.24, 2.45) is 0 Å². The minimum atomic E-state index is -0.0465. The second-order valence-electron chi connectivity index (χ2n) is 8.03. The van der Waals surface area contributed by atoms with Crippen LogP contribution in [0.5, 0.6) is 11.5 Å². The van der Waals surface area contributed by atoms with Crippen LogP contribution in [0.25, 0.3) is 0 Å². The fraction of sp³-hybridized carbons (Fsp3) is 0.417. The second kappa shape index (κ2) is 8.27. The highest BCUT2D eigenvalue weighted by atomic mass is 16.6. The molecule has 2 aliphatic rings. The number of ketones is 1. The molecule has 4 rings (SSSR count). The molecule has 0 N–H and O–H groups in total. The van der Waals surface area contributed by atoms with Gasteiger partial charge in [0.1, 0.15) is 13.2 Å². The highest BCUT2D eigenvalue weighted by molar-refractivity contribution is 5.98. The van der Waals surface area contributed by atoms with Crippen LogP contribution >= 0.6 is 0 Å². The lowest BCUT2D eigenvalue weighted by Crippen LogP contribution is -2.36. The lowest BCUT2D eigenvalue weighted by molar-refractivity contribution is -0.132. The van der Waals surface area contributed by atoms with E-state index in [0.717, 1.165) is 6.42 Å². The van der Waals surface area contributed by atoms with Gasteiger partial charge in [-0.2, -0.15) is 0 Å². The number of carbonyl (C=O) groups excluding carboxylic acids is 2. The first kappa shape index (κ1) is 19.5. The van der Waals surface area contributed by atoms with Crippen LogP contribution in [0.3, 0.4) is 0 Å². The van der Waals surface area contributed by atoms with Crippen LogP contribution in [0.1, 0.15) is 59.7 Å². The van der Waals surface area contributed by atoms with Crippen LogP contribution in [0, 0.1) is 0 Å². The fourth-order valence-corrected chi connectivity index (χ4v) is 3.89. The summed E-state index contributed by atoms with van der Waals surface area (Å²) in [6, 6.07) is 11.8. The summed E-state index contributed by atoms with van der Waals surface area (Å²) < 4.78 is 11.0. The van der Waals surface area contributed by atoms with Crippen LogP contribution < -0.4 is 9.47 Å². The van der Waals surface area contributed by atoms with Gasteiger partial charge < -0.3 is 14.4 Å². The van der Waals surface area contributed by atoms with E-state index in [9.17, 15) is 9.59 Å². The van der Waals surface area contributed by atoms with E-state index in [-0.39, 0.29) is 24.5 Å². The number of fused-ring (bicyclic) bond motifs is 2. The summed E-state index contributed by atoms with van der Waals surface area (Å²) in [5.74, 6) is 1.72. The Hall–Kier alpha value is -2.82. The third kappa shape index (κ3) is 4.29. The van der Waals surface area contributed by atoms with Crippen molar-refractivity contribution in [1.82, 2.24) is 4.90 Å². The number of hydrogen-bond donors (Lipinski definition) is 0. The van der Waals surface area contributed by atoms with E-state index in [1.54, 1.807) is 18.2 Å². The zero-order valence-electron chi connectivity index (χ0n) is 17.1. The minimum absolute atomic E-state index is 0.0384. The van der Waals surface area contributed by atoms with Gasteiger partial charge in [-0.3, -0.25) is 9.59 Å². The molecule has 29 heavy (non-hydrogen) atoms. The third-order valence-electron chi connectivity index (χ3n) is 5.69. The number of rotatable bonds is 5. The smallest absolute Gasteiger partial charge is 0.223 e. The van der Waals surface area contributed by atoms with Gasteiger partial charge in [-0.15, -0.1) is 0 Å². The number of nitrogens with zero attached hydrogens (tertiary/aromatic N) is 1. The highest BCUT2D eigenvalue weighted by Crippen LogP contribution is 2.31. The Bertz CT molecular complexity index is 934. The summed E-state index contributed by atoms with van der Waals surface area (Å²) >= 11 is 0. The van der Waals surface area contributed by atoms with Crippen LogP contribution in [0.4, 0.5) is 0 Å². The molecule has 0 radical (unpaired) electrons. The molecule has 1 amide bonds. The van der Waals surface area contributed by atoms with Crippen molar-refractivity contribution in [3.8, 4) is 11.5 Å². The summed E-state index contributed by atoms with van der Waals surface area (Å²) in [5.41, 5.74) is 4.42. The van der Waals surface area contributed by atoms with Gasteiger partial charge in [0.2, 0.25) is 5.91 Å². The van der Waals surface area contributed by atoms with E-state index in [0.29, 0.717) is 49.3 Å². The molecule has 0 atom stereocenters. The largest absolute Gasteiger partial charge is 0.486 e. The van der Waals surface area contributed by atoms with Gasteiger partial charge in [0, 0.05) is 31.5 Å². The molecule has 0 unspecified atom stereocenters. The molecule has 0 bridgehead atoms. The Morgan fingerprint density at radius 2 is 1.76 bits per heavy atom. The molecule has 0 saturated heterocycles. The number of ether oxygens (including phenoxy) is 2. The average Bonchev–Trinajstić information content (AvgIpc) is 2.76. The summed E-state index contributed by atoms with van der Waals surface area (Å²) in [4.78, 5) is 27.2. The molecule has 2 aliphatic heterocycles. The first-order chi connectivity index (χ1) is 14.0. The predicted octanol–water partition coefficient (Wildman–Crippen LogP) is 4.13. The number of Topliss-reactive ketones (excluding diaryl/α,β-unsaturated/α-hetero) is 1. The number of benzene rings is 2. The van der Waals surface area contributed by atoms with E-state index in [1.165, 1.54) is 16.7 Å². The van der Waals surface area contributed by atoms with Gasteiger partial charge in [0.15, 0.2) is 17.3 Å². The summed E-state index contributed by atoms with van der Waals surface area (Å²) in [6.45, 7) is 6.70. The maximum atomic E-state index is 12.7. The summed E-state index contributed by atoms with van der Waals surface area (Å²) in [6.07, 6.45) is 1.30. The van der Waals surface area contributed by atoms with Crippen LogP contribution in [-0.2, 0) is 17.8 Å². The predicted molar refractivity (Wildman–Crippen MR) is 111 cm³/mol. The average molecular weight is 393 g/mol. The third-order valence-corrected chi connectivity index (χ3v) is 5.69. The zero-order valence-corrected chi connectivity index (χ0v) is 17.1. The standard InChI is InChI=1S/C24H27NO4/c1-16(2)18-4-3-17-9-10-25(15-20(17)13-18)24(27)8-6-21(26)19-5-7-22-23(14-19)29-12-11-28-22/h3-5,7,13-14,16H,6,8-12,15H2,1-2H3. The highest BCUT2D eigenvalue weighted by Gasteiger charge is 2.22. The Balaban J connectivity index is 1.36. The normalized spacial score (nSPS) is 15.2.